The van der Waals surface area contributed by atoms with E-state index in [2.05, 4.69) is 54.4 Å². The number of carbonyl (C=O) groups is 1. The van der Waals surface area contributed by atoms with Gasteiger partial charge in [-0.2, -0.15) is 0 Å². The maximum absolute atomic E-state index is 10.4. The molecule has 3 heteroatoms. The number of carbonyl (C=O) groups excluding carboxylic acids is 1. The van der Waals surface area contributed by atoms with Crippen molar-refractivity contribution in [3.8, 4) is 0 Å². The Morgan fingerprint density at radius 1 is 0.970 bits per heavy atom. The van der Waals surface area contributed by atoms with Crippen molar-refractivity contribution in [1.29, 1.82) is 0 Å². The summed E-state index contributed by atoms with van der Waals surface area (Å²) in [6, 6.07) is 25.1. The maximum atomic E-state index is 10.4. The van der Waals surface area contributed by atoms with Gasteiger partial charge in [0.15, 0.2) is 0 Å². The highest BCUT2D eigenvalue weighted by molar-refractivity contribution is 5.58. The topological polar surface area (TPSA) is 49.3 Å². The number of aldehydes is 1. The molecule has 2 aliphatic rings. The molecule has 0 radical (unpaired) electrons. The zero-order valence-corrected chi connectivity index (χ0v) is 19.3. The van der Waals surface area contributed by atoms with E-state index in [-0.39, 0.29) is 5.76 Å². The van der Waals surface area contributed by atoms with Gasteiger partial charge in [0.1, 0.15) is 12.0 Å². The Labute approximate surface area is 197 Å². The monoisotopic (exact) mass is 439 g/mol. The molecule has 1 saturated carbocycles. The third kappa shape index (κ3) is 6.13. The van der Waals surface area contributed by atoms with Gasteiger partial charge in [0.05, 0.1) is 0 Å². The molecule has 0 aromatic heterocycles. The van der Waals surface area contributed by atoms with Gasteiger partial charge in [0, 0.05) is 24.2 Å². The fourth-order valence-corrected chi connectivity index (χ4v) is 4.76. The lowest BCUT2D eigenvalue weighted by Gasteiger charge is -2.09. The van der Waals surface area contributed by atoms with Gasteiger partial charge in [-0.05, 0) is 78.3 Å². The molecule has 0 aliphatic heterocycles. The zero-order chi connectivity index (χ0) is 23.2. The Bertz CT molecular complexity index is 1090. The number of hydrogen-bond donors (Lipinski definition) is 2. The molecule has 1 fully saturated rings. The number of benzene rings is 3. The normalized spacial score (nSPS) is 20.2. The molecule has 5 rings (SSSR count). The van der Waals surface area contributed by atoms with Crippen molar-refractivity contribution < 1.29 is 9.90 Å². The van der Waals surface area contributed by atoms with Crippen LogP contribution >= 0.6 is 0 Å². The molecule has 170 valence electrons. The van der Waals surface area contributed by atoms with Crippen LogP contribution in [0.15, 0.2) is 79.4 Å². The summed E-state index contributed by atoms with van der Waals surface area (Å²) in [4.78, 5) is 10.4. The lowest BCUT2D eigenvalue weighted by atomic mass is 9.96. The molecule has 0 spiro atoms. The predicted octanol–water partition coefficient (Wildman–Crippen LogP) is 6.28. The van der Waals surface area contributed by atoms with Crippen LogP contribution in [0.1, 0.15) is 34.2 Å². The van der Waals surface area contributed by atoms with Crippen molar-refractivity contribution in [3.05, 3.63) is 107 Å². The number of hydrogen-bond acceptors (Lipinski definition) is 3. The minimum absolute atomic E-state index is 0.134. The highest BCUT2D eigenvalue weighted by Gasteiger charge is 2.36. The fraction of sp³-hybridized carbons (Fsp3) is 0.300. The van der Waals surface area contributed by atoms with E-state index in [0.29, 0.717) is 17.8 Å². The fourth-order valence-electron chi connectivity index (χ4n) is 4.76. The zero-order valence-electron chi connectivity index (χ0n) is 19.3. The van der Waals surface area contributed by atoms with Gasteiger partial charge in [0.2, 0.25) is 0 Å². The quantitative estimate of drug-likeness (QED) is 0.336. The highest BCUT2D eigenvalue weighted by atomic mass is 16.3. The van der Waals surface area contributed by atoms with Crippen LogP contribution in [0.2, 0.25) is 0 Å². The number of aliphatic hydroxyl groups is 1. The van der Waals surface area contributed by atoms with Crippen LogP contribution in [-0.2, 0) is 30.5 Å². The molecule has 2 aliphatic carbocycles. The first kappa shape index (κ1) is 22.8. The Balaban J connectivity index is 0.000000183. The number of fused-ring (bicyclic) bond motifs is 1. The third-order valence-corrected chi connectivity index (χ3v) is 6.82. The van der Waals surface area contributed by atoms with Gasteiger partial charge in [-0.3, -0.25) is 0 Å². The van der Waals surface area contributed by atoms with Crippen LogP contribution in [0.25, 0.3) is 5.76 Å². The molecular formula is C30H33NO2. The van der Waals surface area contributed by atoms with Gasteiger partial charge in [0.25, 0.3) is 0 Å². The molecule has 3 nitrogen and oxygen atoms in total. The molecule has 3 aromatic rings. The van der Waals surface area contributed by atoms with Crippen LogP contribution < -0.4 is 5.32 Å². The van der Waals surface area contributed by atoms with Gasteiger partial charge >= 0.3 is 0 Å². The Kier molecular flexibility index (Phi) is 7.29. The summed E-state index contributed by atoms with van der Waals surface area (Å²) in [5.74, 6) is 1.79. The molecule has 3 unspecified atom stereocenters. The van der Waals surface area contributed by atoms with Crippen LogP contribution in [-0.4, -0.2) is 18.4 Å². The Morgan fingerprint density at radius 3 is 2.30 bits per heavy atom. The van der Waals surface area contributed by atoms with Crippen molar-refractivity contribution in [3.63, 3.8) is 0 Å². The molecule has 2 N–H and O–H groups in total. The van der Waals surface area contributed by atoms with Crippen LogP contribution in [0.3, 0.4) is 0 Å². The van der Waals surface area contributed by atoms with E-state index < -0.39 is 0 Å². The maximum Gasteiger partial charge on any atom is 0.123 e. The van der Waals surface area contributed by atoms with E-state index in [0.717, 1.165) is 44.0 Å². The average molecular weight is 440 g/mol. The summed E-state index contributed by atoms with van der Waals surface area (Å²) < 4.78 is 0. The summed E-state index contributed by atoms with van der Waals surface area (Å²) in [5.41, 5.74) is 7.64. The second-order valence-electron chi connectivity index (χ2n) is 9.34. The van der Waals surface area contributed by atoms with E-state index in [9.17, 15) is 9.90 Å². The second kappa shape index (κ2) is 10.5. The number of nitrogens with one attached hydrogen (secondary N) is 1. The van der Waals surface area contributed by atoms with E-state index in [1.807, 2.05) is 37.4 Å². The van der Waals surface area contributed by atoms with Crippen molar-refractivity contribution in [2.24, 2.45) is 17.8 Å². The first-order chi connectivity index (χ1) is 16.1. The lowest BCUT2D eigenvalue weighted by Crippen LogP contribution is -2.04. The van der Waals surface area contributed by atoms with Crippen molar-refractivity contribution in [1.82, 2.24) is 0 Å². The lowest BCUT2D eigenvalue weighted by molar-refractivity contribution is -0.109. The summed E-state index contributed by atoms with van der Waals surface area (Å²) in [6.07, 6.45) is 6.66. The second-order valence-corrected chi connectivity index (χ2v) is 9.34. The van der Waals surface area contributed by atoms with Crippen molar-refractivity contribution >= 4 is 17.7 Å². The molecular weight excluding hydrogens is 406 g/mol. The molecule has 3 atom stereocenters. The minimum atomic E-state index is 0.134. The predicted molar refractivity (Wildman–Crippen MR) is 137 cm³/mol. The Morgan fingerprint density at radius 2 is 1.67 bits per heavy atom. The van der Waals surface area contributed by atoms with Crippen LogP contribution in [0.5, 0.6) is 0 Å². The summed E-state index contributed by atoms with van der Waals surface area (Å²) in [7, 11) is 1.96. The third-order valence-electron chi connectivity index (χ3n) is 6.82. The summed E-state index contributed by atoms with van der Waals surface area (Å²) in [5, 5.41) is 12.6. The Hall–Kier alpha value is -3.33. The molecule has 0 bridgehead atoms. The highest BCUT2D eigenvalue weighted by Crippen LogP contribution is 2.39. The molecule has 0 saturated heterocycles. The van der Waals surface area contributed by atoms with Crippen LogP contribution in [0.4, 0.5) is 5.69 Å². The molecule has 3 aromatic carbocycles. The number of rotatable bonds is 7. The van der Waals surface area contributed by atoms with Gasteiger partial charge < -0.3 is 15.2 Å². The van der Waals surface area contributed by atoms with Crippen LogP contribution in [0, 0.1) is 17.8 Å². The van der Waals surface area contributed by atoms with Crippen molar-refractivity contribution in [2.75, 3.05) is 12.4 Å². The van der Waals surface area contributed by atoms with E-state index in [1.165, 1.54) is 27.9 Å². The average Bonchev–Trinajstić information content (AvgIpc) is 3.47. The van der Waals surface area contributed by atoms with Gasteiger partial charge in [-0.15, -0.1) is 0 Å². The van der Waals surface area contributed by atoms with E-state index in [1.54, 1.807) is 0 Å². The van der Waals surface area contributed by atoms with Gasteiger partial charge in [-0.25, -0.2) is 0 Å². The molecule has 0 amide bonds. The number of anilines is 1. The minimum Gasteiger partial charge on any atom is -0.508 e. The summed E-state index contributed by atoms with van der Waals surface area (Å²) >= 11 is 0. The first-order valence-electron chi connectivity index (χ1n) is 11.8. The van der Waals surface area contributed by atoms with E-state index >= 15 is 0 Å². The first-order valence-corrected chi connectivity index (χ1v) is 11.8. The van der Waals surface area contributed by atoms with E-state index in [4.69, 9.17) is 0 Å². The molecule has 0 heterocycles. The SMILES string of the molecule is C=C(O)c1ccc(CC2Cc3ccc(NC)cc3C2)cc1.O=CC1CC1Cc1ccccc1. The largest absolute Gasteiger partial charge is 0.508 e. The van der Waals surface area contributed by atoms with Gasteiger partial charge in [-0.1, -0.05) is 67.2 Å². The number of aliphatic hydroxyl groups excluding tert-OH is 1. The summed E-state index contributed by atoms with van der Waals surface area (Å²) in [6.45, 7) is 3.55. The standard InChI is InChI=1S/C19H21NO.C11H12O/c1-13(21)16-5-3-14(4-6-16)9-15-10-17-7-8-19(20-2)12-18(17)11-15;12-8-11-7-10(11)6-9-4-2-1-3-5-9/h3-8,12,15,20-21H,1,9-11H2,2H3;1-5,8,10-11H,6-7H2. The smallest absolute Gasteiger partial charge is 0.123 e. The molecule has 33 heavy (non-hydrogen) atoms. The van der Waals surface area contributed by atoms with Crippen molar-refractivity contribution in [2.45, 2.75) is 32.1 Å².